The van der Waals surface area contributed by atoms with Crippen molar-refractivity contribution in [1.29, 1.82) is 0 Å². The highest BCUT2D eigenvalue weighted by molar-refractivity contribution is 7.29. The van der Waals surface area contributed by atoms with Crippen LogP contribution in [-0.4, -0.2) is 11.8 Å². The number of nitrogens with one attached hydrogen (secondary N) is 1. The van der Waals surface area contributed by atoms with Crippen LogP contribution in [0.1, 0.15) is 129 Å². The number of hydrogen-bond donors (Lipinski definition) is 1. The molecular weight excluding hydrogens is 1010 g/mol. The molecule has 0 aliphatic carbocycles. The normalized spacial score (nSPS) is 13.4. The van der Waals surface area contributed by atoms with Crippen LogP contribution in [0, 0.1) is 0 Å². The van der Waals surface area contributed by atoms with Crippen LogP contribution in [0.25, 0.3) is 90.8 Å². The van der Waals surface area contributed by atoms with E-state index in [-0.39, 0.29) is 21.7 Å². The van der Waals surface area contributed by atoms with Gasteiger partial charge in [0.05, 0.1) is 11.2 Å². The summed E-state index contributed by atoms with van der Waals surface area (Å²) >= 11 is 3.87. The average molecular weight is 1080 g/mol. The van der Waals surface area contributed by atoms with E-state index >= 15 is 0 Å². The van der Waals surface area contributed by atoms with Crippen LogP contribution in [0.4, 0.5) is 11.4 Å². The molecule has 13 aromatic rings. The van der Waals surface area contributed by atoms with Crippen molar-refractivity contribution < 1.29 is 4.42 Å². The molecule has 0 saturated heterocycles. The van der Waals surface area contributed by atoms with Crippen molar-refractivity contribution in [3.05, 3.63) is 209 Å². The Morgan fingerprint density at radius 2 is 0.975 bits per heavy atom. The van der Waals surface area contributed by atoms with Gasteiger partial charge in [0.1, 0.15) is 11.2 Å². The molecule has 1 aliphatic rings. The van der Waals surface area contributed by atoms with Crippen LogP contribution < -0.4 is 15.6 Å². The minimum absolute atomic E-state index is 0.0109. The molecule has 396 valence electrons. The molecule has 0 spiro atoms. The number of benzene rings is 9. The number of nitrogens with zero attached hydrogens (tertiary/aromatic N) is 1. The number of thiophene rings is 2. The van der Waals surface area contributed by atoms with E-state index in [4.69, 9.17) is 4.42 Å². The Balaban J connectivity index is 0.999. The van der Waals surface area contributed by atoms with Gasteiger partial charge in [0.15, 0.2) is 0 Å². The van der Waals surface area contributed by atoms with Gasteiger partial charge >= 0.3 is 0 Å². The fourth-order valence-electron chi connectivity index (χ4n) is 13.0. The minimum atomic E-state index is -0.403. The lowest BCUT2D eigenvalue weighted by Gasteiger charge is -2.33. The molecule has 0 fully saturated rings. The molecule has 9 aromatic carbocycles. The summed E-state index contributed by atoms with van der Waals surface area (Å²) in [6, 6.07) is 65.4. The van der Waals surface area contributed by atoms with Gasteiger partial charge in [-0.2, -0.15) is 0 Å². The van der Waals surface area contributed by atoms with Crippen molar-refractivity contribution in [2.24, 2.45) is 0 Å². The van der Waals surface area contributed by atoms with Crippen LogP contribution in [0.3, 0.4) is 0 Å². The molecule has 3 nitrogen and oxygen atoms in total. The molecule has 14 rings (SSSR count). The maximum absolute atomic E-state index is 6.67. The van der Waals surface area contributed by atoms with Gasteiger partial charge in [-0.1, -0.05) is 192 Å². The first-order valence-electron chi connectivity index (χ1n) is 28.6. The first-order valence-corrected chi connectivity index (χ1v) is 30.2. The number of aromatic nitrogens is 1. The van der Waals surface area contributed by atoms with Crippen LogP contribution in [-0.2, 0) is 27.1 Å². The molecule has 0 saturated carbocycles. The highest BCUT2D eigenvalue weighted by Gasteiger charge is 2.34. The van der Waals surface area contributed by atoms with E-state index in [1.54, 1.807) is 0 Å². The summed E-state index contributed by atoms with van der Waals surface area (Å²) in [7, 11) is 0.834. The monoisotopic (exact) mass is 1080 g/mol. The zero-order valence-electron chi connectivity index (χ0n) is 48.5. The van der Waals surface area contributed by atoms with Gasteiger partial charge in [0.2, 0.25) is 7.28 Å². The molecule has 1 N–H and O–H groups in total. The van der Waals surface area contributed by atoms with Gasteiger partial charge in [0.25, 0.3) is 0 Å². The second-order valence-electron chi connectivity index (χ2n) is 27.2. The van der Waals surface area contributed by atoms with Crippen molar-refractivity contribution in [2.45, 2.75) is 117 Å². The Bertz CT molecular complexity index is 4610. The average Bonchev–Trinajstić information content (AvgIpc) is 4.22. The number of rotatable bonds is 6. The first kappa shape index (κ1) is 50.8. The fourth-order valence-corrected chi connectivity index (χ4v) is 15.3. The molecule has 0 unspecified atom stereocenters. The van der Waals surface area contributed by atoms with Crippen LogP contribution in [0.2, 0.25) is 0 Å². The van der Waals surface area contributed by atoms with Gasteiger partial charge < -0.3 is 14.3 Å². The highest BCUT2D eigenvalue weighted by atomic mass is 32.1. The lowest BCUT2D eigenvalue weighted by atomic mass is 9.63. The van der Waals surface area contributed by atoms with Gasteiger partial charge in [-0.25, -0.2) is 0 Å². The molecule has 0 radical (unpaired) electrons. The quantitative estimate of drug-likeness (QED) is 0.133. The molecule has 0 bridgehead atoms. The van der Waals surface area contributed by atoms with E-state index < -0.39 is 5.41 Å². The fraction of sp³-hybridized carbons (Fsp3) is 0.243. The van der Waals surface area contributed by atoms with Crippen molar-refractivity contribution in [1.82, 2.24) is 4.57 Å². The van der Waals surface area contributed by atoms with Crippen molar-refractivity contribution in [2.75, 3.05) is 5.32 Å². The molecule has 6 heteroatoms. The van der Waals surface area contributed by atoms with Crippen LogP contribution in [0.15, 0.2) is 174 Å². The molecule has 4 aromatic heterocycles. The summed E-state index contributed by atoms with van der Waals surface area (Å²) in [4.78, 5) is 0. The summed E-state index contributed by atoms with van der Waals surface area (Å²) in [6.45, 7) is 30.1. The van der Waals surface area contributed by atoms with Crippen molar-refractivity contribution in [3.63, 3.8) is 0 Å². The van der Waals surface area contributed by atoms with Crippen LogP contribution in [0.5, 0.6) is 0 Å². The lowest BCUT2D eigenvalue weighted by molar-refractivity contribution is 0.587. The molecule has 5 heterocycles. The first-order chi connectivity index (χ1) is 38.0. The van der Waals surface area contributed by atoms with Crippen molar-refractivity contribution >= 4 is 126 Å². The largest absolute Gasteiger partial charge is 0.456 e. The lowest BCUT2D eigenvalue weighted by Crippen LogP contribution is -2.35. The molecule has 1 aliphatic heterocycles. The standard InChI is InChI=1S/C74H69BN2OS2/c1-70(2,3)42-18-22-45(23-19-42)74(13,46-24-20-43(21-25-46)71(4,5)6)48-28-32-51-57-39-59(76-49-30-26-44(27-31-49)72(7,8)9)54(40-65(57)79-64(51)37-48)52-33-34-53-55-38-56-50-16-14-15-17-61(50)78-62(56)41-60(55)77-67(53)66(52)75-69-68(77)58-36-47(73(10,11)12)29-35-63(58)80-69/h14-41,75-76H,1-13H3. The number of anilines is 2. The van der Waals surface area contributed by atoms with E-state index in [1.165, 1.54) is 118 Å². The predicted octanol–water partition coefficient (Wildman–Crippen LogP) is 19.9. The van der Waals surface area contributed by atoms with Gasteiger partial charge in [0, 0.05) is 85.7 Å². The Hall–Kier alpha value is -7.38. The predicted molar refractivity (Wildman–Crippen MR) is 351 cm³/mol. The summed E-state index contributed by atoms with van der Waals surface area (Å²) in [5, 5.41) is 12.7. The zero-order chi connectivity index (χ0) is 55.6. The number of para-hydroxylation sites is 1. The third-order valence-electron chi connectivity index (χ3n) is 17.9. The van der Waals surface area contributed by atoms with E-state index in [0.29, 0.717) is 0 Å². The van der Waals surface area contributed by atoms with Gasteiger partial charge in [-0.3, -0.25) is 0 Å². The summed E-state index contributed by atoms with van der Waals surface area (Å²) < 4.78 is 14.6. The number of fused-ring (bicyclic) bond motifs is 13. The zero-order valence-corrected chi connectivity index (χ0v) is 50.2. The van der Waals surface area contributed by atoms with Crippen LogP contribution >= 0.6 is 22.7 Å². The molecular formula is C74H69BN2OS2. The third-order valence-corrected chi connectivity index (χ3v) is 20.1. The second kappa shape index (κ2) is 17.6. The maximum atomic E-state index is 6.67. The Kier molecular flexibility index (Phi) is 11.2. The summed E-state index contributed by atoms with van der Waals surface area (Å²) in [5.74, 6) is 0. The topological polar surface area (TPSA) is 30.1 Å². The van der Waals surface area contributed by atoms with E-state index in [9.17, 15) is 0 Å². The number of hydrogen-bond acceptors (Lipinski definition) is 4. The van der Waals surface area contributed by atoms with Gasteiger partial charge in [-0.15, -0.1) is 22.7 Å². The van der Waals surface area contributed by atoms with E-state index in [0.717, 1.165) is 40.6 Å². The van der Waals surface area contributed by atoms with E-state index in [1.807, 2.05) is 22.7 Å². The minimum Gasteiger partial charge on any atom is -0.456 e. The summed E-state index contributed by atoms with van der Waals surface area (Å²) in [6.07, 6.45) is 0. The summed E-state index contributed by atoms with van der Waals surface area (Å²) in [5.41, 5.74) is 20.6. The second-order valence-corrected chi connectivity index (χ2v) is 29.5. The Labute approximate surface area is 479 Å². The highest BCUT2D eigenvalue weighted by Crippen LogP contribution is 2.48. The van der Waals surface area contributed by atoms with E-state index in [2.05, 4.69) is 270 Å². The van der Waals surface area contributed by atoms with Crippen molar-refractivity contribution in [3.8, 4) is 16.8 Å². The van der Waals surface area contributed by atoms with Gasteiger partial charge in [-0.05, 0) is 138 Å². The molecule has 0 atom stereocenters. The number of furan rings is 1. The SMILES string of the molecule is CC(C)(C)c1ccc(Nc2cc3c(cc2-c2ccc4c5cc6c(cc5n5c4c2Bc2sc4ccc(C(C)(C)C)cc4c2-5)oc2ccccc26)sc2cc(C(C)(c4ccc(C(C)(C)C)cc4)c4ccc(C(C)(C)C)cc4)ccc23)cc1. The Morgan fingerprint density at radius 3 is 1.62 bits per heavy atom. The maximum Gasteiger partial charge on any atom is 0.211 e. The molecule has 80 heavy (non-hydrogen) atoms. The third kappa shape index (κ3) is 8.02. The Morgan fingerprint density at radius 1 is 0.400 bits per heavy atom. The molecule has 0 amide bonds. The smallest absolute Gasteiger partial charge is 0.211 e.